The van der Waals surface area contributed by atoms with Crippen molar-refractivity contribution in [3.8, 4) is 12.0 Å². The van der Waals surface area contributed by atoms with Crippen LogP contribution in [-0.2, 0) is 4.74 Å². The highest BCUT2D eigenvalue weighted by molar-refractivity contribution is 6.67. The van der Waals surface area contributed by atoms with Gasteiger partial charge in [-0.3, -0.25) is 0 Å². The second kappa shape index (κ2) is 6.12. The second-order valence-electron chi connectivity index (χ2n) is 4.72. The first-order chi connectivity index (χ1) is 9.69. The summed E-state index contributed by atoms with van der Waals surface area (Å²) >= 11 is 0. The number of benzene rings is 1. The van der Waals surface area contributed by atoms with Crippen LogP contribution in [0.3, 0.4) is 0 Å². The molecule has 100 valence electrons. The molecule has 0 spiro atoms. The molecule has 1 saturated heterocycles. The molecule has 0 aliphatic carbocycles. The van der Waals surface area contributed by atoms with E-state index in [1.165, 1.54) is 7.11 Å². The molecule has 1 aliphatic heterocycles. The van der Waals surface area contributed by atoms with E-state index in [9.17, 15) is 4.79 Å². The first-order valence-electron chi connectivity index (χ1n) is 6.46. The molecule has 20 heavy (non-hydrogen) atoms. The molecule has 0 unspecified atom stereocenters. The lowest BCUT2D eigenvalue weighted by Crippen LogP contribution is -2.36. The van der Waals surface area contributed by atoms with Gasteiger partial charge in [0.15, 0.2) is 0 Å². The van der Waals surface area contributed by atoms with Gasteiger partial charge < -0.3 is 9.64 Å². The van der Waals surface area contributed by atoms with Gasteiger partial charge in [-0.25, -0.2) is 10.1 Å². The highest BCUT2D eigenvalue weighted by Gasteiger charge is 2.23. The van der Waals surface area contributed by atoms with E-state index in [1.54, 1.807) is 12.1 Å². The number of ether oxygens (including phenoxy) is 1. The van der Waals surface area contributed by atoms with Crippen LogP contribution in [0.25, 0.3) is 0 Å². The normalized spacial score (nSPS) is 14.3. The fourth-order valence-corrected chi connectivity index (χ4v) is 2.38. The molecule has 5 nitrogen and oxygen atoms in total. The number of hydrogen-bond donors (Lipinski definition) is 0. The zero-order chi connectivity index (χ0) is 14.5. The minimum absolute atomic E-state index is 0.121. The highest BCUT2D eigenvalue weighted by atomic mass is 16.5. The number of carbonyl (C=O) groups excluding carboxylic acids is 1. The Morgan fingerprint density at radius 1 is 1.35 bits per heavy atom. The molecule has 1 heterocycles. The van der Waals surface area contributed by atoms with Gasteiger partial charge in [0.2, 0.25) is 0 Å². The van der Waals surface area contributed by atoms with Crippen LogP contribution in [0, 0.1) is 22.6 Å². The number of esters is 1. The molecule has 0 atom stereocenters. The van der Waals surface area contributed by atoms with Gasteiger partial charge in [-0.1, -0.05) is 0 Å². The summed E-state index contributed by atoms with van der Waals surface area (Å²) in [5, 5.41) is 18.0. The minimum atomic E-state index is -0.503. The number of nitriles is 2. The second-order valence-corrected chi connectivity index (χ2v) is 4.72. The molecule has 0 bridgehead atoms. The Morgan fingerprint density at radius 3 is 2.60 bits per heavy atom. The van der Waals surface area contributed by atoms with Crippen molar-refractivity contribution in [2.75, 3.05) is 25.1 Å². The maximum absolute atomic E-state index is 11.5. The van der Waals surface area contributed by atoms with E-state index in [0.29, 0.717) is 5.56 Å². The lowest BCUT2D eigenvalue weighted by Gasteiger charge is -2.30. The molecule has 0 N–H and O–H groups in total. The zero-order valence-electron chi connectivity index (χ0n) is 11.3. The Kier molecular flexibility index (Phi) is 4.27. The zero-order valence-corrected chi connectivity index (χ0v) is 11.3. The summed E-state index contributed by atoms with van der Waals surface area (Å²) in [6, 6.07) is 7.18. The monoisotopic (exact) mass is 267 g/mol. The van der Waals surface area contributed by atoms with Crippen molar-refractivity contribution in [1.82, 2.24) is 0 Å². The molecule has 1 aromatic rings. The van der Waals surface area contributed by atoms with Gasteiger partial charge in [-0.15, -0.1) is 0 Å². The lowest BCUT2D eigenvalue weighted by atomic mass is 9.45. The number of hydrogen-bond acceptors (Lipinski definition) is 5. The van der Waals surface area contributed by atoms with Crippen LogP contribution < -0.4 is 4.90 Å². The van der Waals surface area contributed by atoms with Gasteiger partial charge in [-0.2, -0.15) is 5.26 Å². The van der Waals surface area contributed by atoms with Crippen molar-refractivity contribution < 1.29 is 9.53 Å². The number of nitrogens with zero attached hydrogens (tertiary/aromatic N) is 3. The quantitative estimate of drug-likeness (QED) is 0.602. The number of carbonyl (C=O) groups is 1. The molecule has 0 amide bonds. The van der Waals surface area contributed by atoms with Crippen molar-refractivity contribution in [2.45, 2.75) is 12.6 Å². The van der Waals surface area contributed by atoms with E-state index in [4.69, 9.17) is 10.5 Å². The fraction of sp³-hybridized carbons (Fsp3) is 0.357. The topological polar surface area (TPSA) is 77.1 Å². The Morgan fingerprint density at radius 2 is 2.05 bits per heavy atom. The molecule has 0 saturated carbocycles. The molecule has 1 fully saturated rings. The Hall–Kier alpha value is -2.47. The minimum Gasteiger partial charge on any atom is -0.465 e. The Balaban J connectivity index is 2.21. The van der Waals surface area contributed by atoms with Crippen molar-refractivity contribution in [1.29, 1.82) is 10.5 Å². The average molecular weight is 267 g/mol. The summed E-state index contributed by atoms with van der Waals surface area (Å²) in [7, 11) is 1.30. The molecule has 1 aromatic carbocycles. The predicted molar refractivity (Wildman–Crippen MR) is 75.7 cm³/mol. The van der Waals surface area contributed by atoms with E-state index >= 15 is 0 Å². The van der Waals surface area contributed by atoms with Crippen molar-refractivity contribution in [2.24, 2.45) is 0 Å². The molecular formula is C14H14BN3O2. The molecule has 0 radical (unpaired) electrons. The van der Waals surface area contributed by atoms with E-state index in [0.717, 1.165) is 31.4 Å². The van der Waals surface area contributed by atoms with E-state index in [1.807, 2.05) is 12.1 Å². The van der Waals surface area contributed by atoms with Gasteiger partial charge in [0.1, 0.15) is 6.07 Å². The van der Waals surface area contributed by atoms with Crippen LogP contribution >= 0.6 is 0 Å². The molecule has 2 rings (SSSR count). The predicted octanol–water partition coefficient (Wildman–Crippen LogP) is 1.72. The van der Waals surface area contributed by atoms with Crippen LogP contribution in [0.2, 0.25) is 12.6 Å². The van der Waals surface area contributed by atoms with E-state index < -0.39 is 5.97 Å². The first kappa shape index (κ1) is 14.0. The average Bonchev–Trinajstić information content (AvgIpc) is 2.53. The summed E-state index contributed by atoms with van der Waals surface area (Å²) in [4.78, 5) is 13.7. The van der Waals surface area contributed by atoms with Crippen LogP contribution in [0.1, 0.15) is 15.9 Å². The van der Waals surface area contributed by atoms with Crippen molar-refractivity contribution in [3.63, 3.8) is 0 Å². The largest absolute Gasteiger partial charge is 0.465 e. The molecular weight excluding hydrogens is 253 g/mol. The Labute approximate surface area is 118 Å². The van der Waals surface area contributed by atoms with Crippen LogP contribution in [0.5, 0.6) is 0 Å². The standard InChI is InChI=1S/C14H14BN3O2/c1-20-14(19)13-3-2-12(8-11(13)9-16)18-6-4-15(10-17)5-7-18/h2-3,8H,4-7H2,1H3. The summed E-state index contributed by atoms with van der Waals surface area (Å²) in [5.74, 6) is 1.79. The van der Waals surface area contributed by atoms with Crippen molar-refractivity contribution >= 4 is 18.4 Å². The first-order valence-corrected chi connectivity index (χ1v) is 6.46. The summed E-state index contributed by atoms with van der Waals surface area (Å²) < 4.78 is 4.65. The molecule has 6 heteroatoms. The maximum Gasteiger partial charge on any atom is 0.339 e. The summed E-state index contributed by atoms with van der Waals surface area (Å²) in [6.45, 7) is 1.71. The van der Waals surface area contributed by atoms with Crippen LogP contribution in [0.4, 0.5) is 5.69 Å². The van der Waals surface area contributed by atoms with E-state index in [-0.39, 0.29) is 12.3 Å². The third-order valence-electron chi connectivity index (χ3n) is 3.57. The van der Waals surface area contributed by atoms with Crippen LogP contribution in [0.15, 0.2) is 18.2 Å². The SMILES string of the molecule is COC(=O)c1ccc(N2CCB(C#N)CC2)cc1C#N. The smallest absolute Gasteiger partial charge is 0.339 e. The lowest BCUT2D eigenvalue weighted by molar-refractivity contribution is 0.0600. The van der Waals surface area contributed by atoms with Gasteiger partial charge in [0.05, 0.1) is 18.2 Å². The van der Waals surface area contributed by atoms with Gasteiger partial charge in [0.25, 0.3) is 6.71 Å². The third kappa shape index (κ3) is 2.75. The Bertz CT molecular complexity index is 595. The number of rotatable bonds is 2. The van der Waals surface area contributed by atoms with Gasteiger partial charge in [0, 0.05) is 24.7 Å². The highest BCUT2D eigenvalue weighted by Crippen LogP contribution is 2.23. The third-order valence-corrected chi connectivity index (χ3v) is 3.57. The molecule has 0 aromatic heterocycles. The maximum atomic E-state index is 11.5. The number of methoxy groups -OCH3 is 1. The van der Waals surface area contributed by atoms with Crippen molar-refractivity contribution in [3.05, 3.63) is 29.3 Å². The molecule has 1 aliphatic rings. The van der Waals surface area contributed by atoms with Crippen LogP contribution in [-0.4, -0.2) is 32.9 Å². The fourth-order valence-electron chi connectivity index (χ4n) is 2.38. The van der Waals surface area contributed by atoms with Gasteiger partial charge in [-0.05, 0) is 30.8 Å². The van der Waals surface area contributed by atoms with Gasteiger partial charge >= 0.3 is 5.97 Å². The number of anilines is 1. The van der Waals surface area contributed by atoms with E-state index in [2.05, 4.69) is 15.6 Å². The summed E-state index contributed by atoms with van der Waals surface area (Å²) in [6.07, 6.45) is 1.66. The summed E-state index contributed by atoms with van der Waals surface area (Å²) in [5.41, 5.74) is 1.51.